The van der Waals surface area contributed by atoms with E-state index >= 15 is 0 Å². The molecule has 0 spiro atoms. The number of benzene rings is 1. The normalized spacial score (nSPS) is 14.5. The Morgan fingerprint density at radius 3 is 2.88 bits per heavy atom. The van der Waals surface area contributed by atoms with Crippen molar-refractivity contribution in [1.29, 1.82) is 5.26 Å². The number of hydrogen-bond acceptors (Lipinski definition) is 5. The van der Waals surface area contributed by atoms with Gasteiger partial charge in [-0.05, 0) is 31.0 Å². The van der Waals surface area contributed by atoms with Crippen molar-refractivity contribution in [2.24, 2.45) is 5.92 Å². The monoisotopic (exact) mass is 324 g/mol. The second-order valence-electron chi connectivity index (χ2n) is 5.63. The average Bonchev–Trinajstić information content (AvgIpc) is 3.32. The minimum atomic E-state index is -1.45. The fourth-order valence-corrected chi connectivity index (χ4v) is 2.37. The van der Waals surface area contributed by atoms with Gasteiger partial charge < -0.3 is 10.1 Å². The second kappa shape index (κ2) is 6.54. The topological polar surface area (TPSA) is 108 Å². The molecule has 1 heterocycles. The predicted octanol–water partition coefficient (Wildman–Crippen LogP) is 2.26. The van der Waals surface area contributed by atoms with E-state index < -0.39 is 17.6 Å². The summed E-state index contributed by atoms with van der Waals surface area (Å²) in [6.07, 6.45) is 2.13. The molecule has 0 saturated heterocycles. The smallest absolute Gasteiger partial charge is 0.249 e. The molecular weight excluding hydrogens is 308 g/mol. The Kier molecular flexibility index (Phi) is 4.29. The molecule has 1 aromatic carbocycles. The summed E-state index contributed by atoms with van der Waals surface area (Å²) < 4.78 is 5.07. The van der Waals surface area contributed by atoms with Gasteiger partial charge in [0.1, 0.15) is 11.4 Å². The summed E-state index contributed by atoms with van der Waals surface area (Å²) in [5.41, 5.74) is 1.44. The van der Waals surface area contributed by atoms with Crippen molar-refractivity contribution < 1.29 is 14.3 Å². The lowest BCUT2D eigenvalue weighted by molar-refractivity contribution is -0.117. The first-order chi connectivity index (χ1) is 11.6. The van der Waals surface area contributed by atoms with Gasteiger partial charge in [0.05, 0.1) is 13.2 Å². The Morgan fingerprint density at radius 1 is 1.42 bits per heavy atom. The molecule has 2 aromatic rings. The number of rotatable bonds is 6. The van der Waals surface area contributed by atoms with Crippen molar-refractivity contribution in [2.45, 2.75) is 18.8 Å². The van der Waals surface area contributed by atoms with E-state index in [2.05, 4.69) is 15.5 Å². The Morgan fingerprint density at radius 2 is 2.21 bits per heavy atom. The van der Waals surface area contributed by atoms with Crippen LogP contribution in [0.5, 0.6) is 5.75 Å². The van der Waals surface area contributed by atoms with E-state index in [1.807, 2.05) is 0 Å². The van der Waals surface area contributed by atoms with Gasteiger partial charge in [0.2, 0.25) is 11.7 Å². The number of nitriles is 1. The van der Waals surface area contributed by atoms with Gasteiger partial charge in [-0.3, -0.25) is 14.7 Å². The highest BCUT2D eigenvalue weighted by Crippen LogP contribution is 2.39. The number of carbonyl (C=O) groups excluding carboxylic acids is 2. The average molecular weight is 324 g/mol. The number of nitrogens with zero attached hydrogens (tertiary/aromatic N) is 2. The first-order valence-corrected chi connectivity index (χ1v) is 7.56. The van der Waals surface area contributed by atoms with E-state index in [0.29, 0.717) is 17.4 Å². The Bertz CT molecular complexity index is 817. The SMILES string of the molecule is COc1cccc(NC(=O)C(C#N)C(=O)c2cc(C3CC3)[nH]n2)c1. The molecule has 122 valence electrons. The van der Waals surface area contributed by atoms with Crippen LogP contribution in [-0.2, 0) is 4.79 Å². The molecule has 1 aliphatic carbocycles. The van der Waals surface area contributed by atoms with Crippen LogP contribution in [0.15, 0.2) is 30.3 Å². The molecular formula is C17H16N4O3. The maximum absolute atomic E-state index is 12.4. The molecule has 0 aliphatic heterocycles. The molecule has 1 saturated carbocycles. The van der Waals surface area contributed by atoms with E-state index in [-0.39, 0.29) is 5.69 Å². The van der Waals surface area contributed by atoms with Crippen LogP contribution in [0.3, 0.4) is 0 Å². The molecule has 0 bridgehead atoms. The summed E-state index contributed by atoms with van der Waals surface area (Å²) in [6.45, 7) is 0. The maximum Gasteiger partial charge on any atom is 0.249 e. The highest BCUT2D eigenvalue weighted by Gasteiger charge is 2.32. The number of aromatic nitrogens is 2. The van der Waals surface area contributed by atoms with Crippen LogP contribution in [0.25, 0.3) is 0 Å². The Hall–Kier alpha value is -3.14. The molecule has 24 heavy (non-hydrogen) atoms. The van der Waals surface area contributed by atoms with Gasteiger partial charge >= 0.3 is 0 Å². The summed E-state index contributed by atoms with van der Waals surface area (Å²) in [5, 5.41) is 18.5. The van der Waals surface area contributed by atoms with Crippen LogP contribution in [0.1, 0.15) is 34.9 Å². The van der Waals surface area contributed by atoms with Crippen LogP contribution in [0.2, 0.25) is 0 Å². The predicted molar refractivity (Wildman–Crippen MR) is 85.6 cm³/mol. The van der Waals surface area contributed by atoms with E-state index in [1.54, 1.807) is 36.4 Å². The van der Waals surface area contributed by atoms with Crippen molar-refractivity contribution in [2.75, 3.05) is 12.4 Å². The van der Waals surface area contributed by atoms with Crippen molar-refractivity contribution >= 4 is 17.4 Å². The molecule has 7 nitrogen and oxygen atoms in total. The standard InChI is InChI=1S/C17H16N4O3/c1-24-12-4-2-3-11(7-12)19-17(23)13(9-18)16(22)15-8-14(20-21-15)10-5-6-10/h2-4,7-8,10,13H,5-6H2,1H3,(H,19,23)(H,20,21). The number of carbonyl (C=O) groups is 2. The van der Waals surface area contributed by atoms with Crippen LogP contribution in [0.4, 0.5) is 5.69 Å². The number of amides is 1. The van der Waals surface area contributed by atoms with Crippen molar-refractivity contribution in [3.8, 4) is 11.8 Å². The number of aromatic amines is 1. The third-order valence-corrected chi connectivity index (χ3v) is 3.86. The third kappa shape index (κ3) is 3.27. The van der Waals surface area contributed by atoms with E-state index in [4.69, 9.17) is 4.74 Å². The molecule has 3 rings (SSSR count). The third-order valence-electron chi connectivity index (χ3n) is 3.86. The summed E-state index contributed by atoms with van der Waals surface area (Å²) in [7, 11) is 1.51. The Labute approximate surface area is 138 Å². The lowest BCUT2D eigenvalue weighted by atomic mass is 10.0. The zero-order chi connectivity index (χ0) is 17.1. The van der Waals surface area contributed by atoms with Crippen LogP contribution >= 0.6 is 0 Å². The van der Waals surface area contributed by atoms with Crippen molar-refractivity contribution in [3.05, 3.63) is 41.7 Å². The van der Waals surface area contributed by atoms with E-state index in [1.165, 1.54) is 7.11 Å². The fraction of sp³-hybridized carbons (Fsp3) is 0.294. The molecule has 1 unspecified atom stereocenters. The van der Waals surface area contributed by atoms with Crippen LogP contribution < -0.4 is 10.1 Å². The summed E-state index contributed by atoms with van der Waals surface area (Å²) >= 11 is 0. The van der Waals surface area contributed by atoms with Crippen molar-refractivity contribution in [1.82, 2.24) is 10.2 Å². The summed E-state index contributed by atoms with van der Waals surface area (Å²) in [5.74, 6) is -1.78. The van der Waals surface area contributed by atoms with Gasteiger partial charge in [0.15, 0.2) is 5.92 Å². The van der Waals surface area contributed by atoms with Gasteiger partial charge in [-0.2, -0.15) is 10.4 Å². The number of methoxy groups -OCH3 is 1. The van der Waals surface area contributed by atoms with Gasteiger partial charge in [-0.1, -0.05) is 6.07 Å². The lowest BCUT2D eigenvalue weighted by Gasteiger charge is -2.09. The van der Waals surface area contributed by atoms with Crippen LogP contribution in [0, 0.1) is 17.2 Å². The number of anilines is 1. The first-order valence-electron chi connectivity index (χ1n) is 7.56. The highest BCUT2D eigenvalue weighted by atomic mass is 16.5. The number of hydrogen-bond donors (Lipinski definition) is 2. The van der Waals surface area contributed by atoms with E-state index in [9.17, 15) is 14.9 Å². The molecule has 1 atom stereocenters. The largest absolute Gasteiger partial charge is 0.497 e. The molecule has 7 heteroatoms. The number of ether oxygens (including phenoxy) is 1. The number of Topliss-reactive ketones (excluding diaryl/α,β-unsaturated/α-hetero) is 1. The summed E-state index contributed by atoms with van der Waals surface area (Å²) in [4.78, 5) is 24.7. The first kappa shape index (κ1) is 15.7. The quantitative estimate of drug-likeness (QED) is 0.626. The molecule has 2 N–H and O–H groups in total. The zero-order valence-electron chi connectivity index (χ0n) is 13.1. The minimum Gasteiger partial charge on any atom is -0.497 e. The number of ketones is 1. The summed E-state index contributed by atoms with van der Waals surface area (Å²) in [6, 6.07) is 10.1. The molecule has 1 aromatic heterocycles. The van der Waals surface area contributed by atoms with Gasteiger partial charge in [0.25, 0.3) is 0 Å². The second-order valence-corrected chi connectivity index (χ2v) is 5.63. The number of H-pyrrole nitrogens is 1. The number of nitrogens with one attached hydrogen (secondary N) is 2. The molecule has 1 fully saturated rings. The highest BCUT2D eigenvalue weighted by molar-refractivity contribution is 6.14. The van der Waals surface area contributed by atoms with Gasteiger partial charge in [-0.15, -0.1) is 0 Å². The molecule has 1 aliphatic rings. The van der Waals surface area contributed by atoms with Crippen LogP contribution in [-0.4, -0.2) is 29.0 Å². The Balaban J connectivity index is 1.73. The lowest BCUT2D eigenvalue weighted by Crippen LogP contribution is -2.28. The van der Waals surface area contributed by atoms with Gasteiger partial charge in [-0.25, -0.2) is 0 Å². The maximum atomic E-state index is 12.4. The molecule has 0 radical (unpaired) electrons. The van der Waals surface area contributed by atoms with Gasteiger partial charge in [0, 0.05) is 23.4 Å². The fourth-order valence-electron chi connectivity index (χ4n) is 2.37. The zero-order valence-corrected chi connectivity index (χ0v) is 13.1. The van der Waals surface area contributed by atoms with Crippen molar-refractivity contribution in [3.63, 3.8) is 0 Å². The van der Waals surface area contributed by atoms with E-state index in [0.717, 1.165) is 18.5 Å². The minimum absolute atomic E-state index is 0.115. The molecule has 1 amide bonds.